The fraction of sp³-hybridized carbons (Fsp3) is 0.286. The molecule has 2 aliphatic heterocycles. The Hall–Kier alpha value is -0.820. The SMILES string of the molecule is NC(=O)c1ccc(I)cc1C1CC2CC=NC=C2S1. The highest BCUT2D eigenvalue weighted by atomic mass is 127. The molecule has 2 aliphatic rings. The monoisotopic (exact) mass is 384 g/mol. The molecule has 1 aromatic carbocycles. The van der Waals surface area contributed by atoms with Crippen molar-refractivity contribution < 1.29 is 4.79 Å². The lowest BCUT2D eigenvalue weighted by Crippen LogP contribution is -2.14. The highest BCUT2D eigenvalue weighted by Gasteiger charge is 2.33. The van der Waals surface area contributed by atoms with E-state index in [0.29, 0.717) is 16.7 Å². The van der Waals surface area contributed by atoms with Crippen molar-refractivity contribution in [1.82, 2.24) is 0 Å². The summed E-state index contributed by atoms with van der Waals surface area (Å²) in [6.07, 6.45) is 5.99. The van der Waals surface area contributed by atoms with Crippen molar-refractivity contribution in [2.45, 2.75) is 18.1 Å². The smallest absolute Gasteiger partial charge is 0.249 e. The minimum atomic E-state index is -0.341. The third kappa shape index (κ3) is 2.58. The predicted octanol–water partition coefficient (Wildman–Crippen LogP) is 3.50. The maximum atomic E-state index is 11.6. The van der Waals surface area contributed by atoms with Crippen LogP contribution in [-0.2, 0) is 0 Å². The number of hydrogen-bond acceptors (Lipinski definition) is 3. The zero-order valence-corrected chi connectivity index (χ0v) is 13.1. The Labute approximate surface area is 129 Å². The van der Waals surface area contributed by atoms with Crippen LogP contribution < -0.4 is 5.73 Å². The van der Waals surface area contributed by atoms with Crippen LogP contribution in [0.5, 0.6) is 0 Å². The van der Waals surface area contributed by atoms with Crippen LogP contribution >= 0.6 is 34.4 Å². The molecule has 0 radical (unpaired) electrons. The molecule has 0 aromatic heterocycles. The molecule has 3 rings (SSSR count). The number of nitrogens with two attached hydrogens (primary N) is 1. The van der Waals surface area contributed by atoms with Gasteiger partial charge in [0.2, 0.25) is 5.91 Å². The van der Waals surface area contributed by atoms with E-state index in [-0.39, 0.29) is 5.91 Å². The first-order valence-corrected chi connectivity index (χ1v) is 8.08. The van der Waals surface area contributed by atoms with Crippen LogP contribution in [0.4, 0.5) is 0 Å². The van der Waals surface area contributed by atoms with E-state index in [9.17, 15) is 4.79 Å². The van der Waals surface area contributed by atoms with E-state index in [4.69, 9.17) is 5.73 Å². The number of carbonyl (C=O) groups excluding carboxylic acids is 1. The number of allylic oxidation sites excluding steroid dienone is 1. The zero-order valence-electron chi connectivity index (χ0n) is 10.2. The first-order chi connectivity index (χ1) is 9.15. The van der Waals surface area contributed by atoms with E-state index in [0.717, 1.165) is 22.0 Å². The van der Waals surface area contributed by atoms with Crippen molar-refractivity contribution in [1.29, 1.82) is 0 Å². The molecule has 19 heavy (non-hydrogen) atoms. The molecule has 1 amide bonds. The number of benzene rings is 1. The molecule has 1 aromatic rings. The second-order valence-corrected chi connectivity index (χ2v) is 7.26. The number of amides is 1. The van der Waals surface area contributed by atoms with Gasteiger partial charge in [-0.05, 0) is 65.1 Å². The van der Waals surface area contributed by atoms with Gasteiger partial charge >= 0.3 is 0 Å². The van der Waals surface area contributed by atoms with Gasteiger partial charge in [-0.25, -0.2) is 0 Å². The lowest BCUT2D eigenvalue weighted by molar-refractivity contribution is 0.0999. The van der Waals surface area contributed by atoms with Crippen LogP contribution in [0.25, 0.3) is 0 Å². The summed E-state index contributed by atoms with van der Waals surface area (Å²) in [5.74, 6) is 0.221. The van der Waals surface area contributed by atoms with Gasteiger partial charge in [-0.1, -0.05) is 0 Å². The topological polar surface area (TPSA) is 55.5 Å². The van der Waals surface area contributed by atoms with Crippen molar-refractivity contribution in [3.63, 3.8) is 0 Å². The van der Waals surface area contributed by atoms with Crippen LogP contribution in [-0.4, -0.2) is 12.1 Å². The van der Waals surface area contributed by atoms with Gasteiger partial charge < -0.3 is 5.73 Å². The minimum absolute atomic E-state index is 0.315. The van der Waals surface area contributed by atoms with E-state index < -0.39 is 0 Å². The molecule has 1 saturated heterocycles. The second-order valence-electron chi connectivity index (χ2n) is 4.73. The Kier molecular flexibility index (Phi) is 3.66. The van der Waals surface area contributed by atoms with Gasteiger partial charge in [0.25, 0.3) is 0 Å². The third-order valence-corrected chi connectivity index (χ3v) is 5.62. The van der Waals surface area contributed by atoms with Gasteiger partial charge in [0, 0.05) is 31.7 Å². The van der Waals surface area contributed by atoms with Crippen molar-refractivity contribution in [3.05, 3.63) is 44.0 Å². The van der Waals surface area contributed by atoms with Gasteiger partial charge in [-0.3, -0.25) is 9.79 Å². The minimum Gasteiger partial charge on any atom is -0.366 e. The number of rotatable bonds is 2. The van der Waals surface area contributed by atoms with Gasteiger partial charge in [-0.2, -0.15) is 0 Å². The molecular weight excluding hydrogens is 371 g/mol. The lowest BCUT2D eigenvalue weighted by atomic mass is 9.94. The summed E-state index contributed by atoms with van der Waals surface area (Å²) in [4.78, 5) is 17.1. The van der Waals surface area contributed by atoms with E-state index in [1.165, 1.54) is 4.91 Å². The molecule has 0 spiro atoms. The Morgan fingerprint density at radius 3 is 3.05 bits per heavy atom. The number of primary amides is 1. The number of hydrogen-bond donors (Lipinski definition) is 1. The quantitative estimate of drug-likeness (QED) is 0.794. The fourth-order valence-electron chi connectivity index (χ4n) is 2.56. The molecule has 0 aliphatic carbocycles. The predicted molar refractivity (Wildman–Crippen MR) is 87.3 cm³/mol. The highest BCUT2D eigenvalue weighted by Crippen LogP contribution is 2.53. The van der Waals surface area contributed by atoms with Crippen molar-refractivity contribution in [2.24, 2.45) is 16.6 Å². The Bertz CT molecular complexity index is 597. The van der Waals surface area contributed by atoms with E-state index in [1.807, 2.05) is 36.3 Å². The van der Waals surface area contributed by atoms with Gasteiger partial charge in [0.05, 0.1) is 0 Å². The normalized spacial score (nSPS) is 25.0. The van der Waals surface area contributed by atoms with Crippen LogP contribution in [0.3, 0.4) is 0 Å². The highest BCUT2D eigenvalue weighted by molar-refractivity contribution is 14.1. The summed E-state index contributed by atoms with van der Waals surface area (Å²) in [7, 11) is 0. The molecule has 2 unspecified atom stereocenters. The standard InChI is InChI=1S/C14H13IN2OS/c15-9-1-2-10(14(16)18)11(6-9)12-5-8-3-4-17-7-13(8)19-12/h1-2,4,6-8,12H,3,5H2,(H2,16,18). The Morgan fingerprint density at radius 1 is 1.47 bits per heavy atom. The summed E-state index contributed by atoms with van der Waals surface area (Å²) in [5, 5.41) is 0.315. The van der Waals surface area contributed by atoms with Gasteiger partial charge in [-0.15, -0.1) is 11.8 Å². The van der Waals surface area contributed by atoms with Gasteiger partial charge in [0.1, 0.15) is 0 Å². The second kappa shape index (κ2) is 5.28. The Balaban J connectivity index is 1.95. The summed E-state index contributed by atoms with van der Waals surface area (Å²) < 4.78 is 1.14. The molecule has 1 fully saturated rings. The molecule has 5 heteroatoms. The number of fused-ring (bicyclic) bond motifs is 1. The lowest BCUT2D eigenvalue weighted by Gasteiger charge is -2.13. The summed E-state index contributed by atoms with van der Waals surface area (Å²) in [6, 6.07) is 5.85. The molecule has 2 N–H and O–H groups in total. The van der Waals surface area contributed by atoms with E-state index in [2.05, 4.69) is 33.6 Å². The summed E-state index contributed by atoms with van der Waals surface area (Å²) >= 11 is 4.10. The zero-order chi connectivity index (χ0) is 13.4. The molecule has 0 saturated carbocycles. The largest absolute Gasteiger partial charge is 0.366 e. The number of carbonyl (C=O) groups is 1. The summed E-state index contributed by atoms with van der Waals surface area (Å²) in [6.45, 7) is 0. The molecular formula is C14H13IN2OS. The molecule has 2 heterocycles. The first kappa shape index (κ1) is 13.2. The average molecular weight is 384 g/mol. The number of aliphatic imine (C=N–C) groups is 1. The molecule has 2 atom stereocenters. The maximum absolute atomic E-state index is 11.6. The maximum Gasteiger partial charge on any atom is 0.249 e. The van der Waals surface area contributed by atoms with E-state index in [1.54, 1.807) is 0 Å². The number of nitrogens with zero attached hydrogens (tertiary/aromatic N) is 1. The van der Waals surface area contributed by atoms with Crippen LogP contribution in [0, 0.1) is 9.49 Å². The van der Waals surface area contributed by atoms with E-state index >= 15 is 0 Å². The Morgan fingerprint density at radius 2 is 2.32 bits per heavy atom. The first-order valence-electron chi connectivity index (χ1n) is 6.13. The fourth-order valence-corrected chi connectivity index (χ4v) is 4.56. The number of halogens is 1. The van der Waals surface area contributed by atoms with Gasteiger partial charge in [0.15, 0.2) is 0 Å². The molecule has 98 valence electrons. The van der Waals surface area contributed by atoms with Crippen molar-refractivity contribution >= 4 is 46.5 Å². The average Bonchev–Trinajstić information content (AvgIpc) is 2.81. The van der Waals surface area contributed by atoms with Crippen LogP contribution in [0.2, 0.25) is 0 Å². The number of thioether (sulfide) groups is 1. The molecule has 0 bridgehead atoms. The third-order valence-electron chi connectivity index (χ3n) is 3.50. The molecule has 3 nitrogen and oxygen atoms in total. The summed E-state index contributed by atoms with van der Waals surface area (Å²) in [5.41, 5.74) is 7.21. The van der Waals surface area contributed by atoms with Crippen LogP contribution in [0.1, 0.15) is 34.0 Å². The van der Waals surface area contributed by atoms with Crippen LogP contribution in [0.15, 0.2) is 34.3 Å². The van der Waals surface area contributed by atoms with Crippen molar-refractivity contribution in [3.8, 4) is 0 Å². The van der Waals surface area contributed by atoms with Crippen molar-refractivity contribution in [2.75, 3.05) is 0 Å².